The Morgan fingerprint density at radius 1 is 1.14 bits per heavy atom. The highest BCUT2D eigenvalue weighted by Crippen LogP contribution is 2.26. The Balaban J connectivity index is 0.000000640. The van der Waals surface area contributed by atoms with Crippen LogP contribution in [-0.4, -0.2) is 31.3 Å². The fourth-order valence-electron chi connectivity index (χ4n) is 1.79. The normalized spacial score (nSPS) is 10.8. The van der Waals surface area contributed by atoms with Crippen molar-refractivity contribution in [2.24, 2.45) is 0 Å². The summed E-state index contributed by atoms with van der Waals surface area (Å²) in [5.41, 5.74) is 1.16. The summed E-state index contributed by atoms with van der Waals surface area (Å²) in [5.74, 6) is -1.46. The van der Waals surface area contributed by atoms with Gasteiger partial charge in [0.1, 0.15) is 12.3 Å². The number of rotatable bonds is 4. The third kappa shape index (κ3) is 6.54. The summed E-state index contributed by atoms with van der Waals surface area (Å²) < 4.78 is 63.7. The molecular weight excluding hydrogens is 413 g/mol. The number of ether oxygens (including phenoxy) is 1. The minimum Gasteiger partial charge on any atom is -0.471 e. The van der Waals surface area contributed by atoms with Crippen molar-refractivity contribution >= 4 is 17.9 Å². The van der Waals surface area contributed by atoms with Crippen LogP contribution < -0.4 is 4.74 Å². The molecule has 2 aromatic heterocycles. The van der Waals surface area contributed by atoms with Gasteiger partial charge in [0.2, 0.25) is 11.7 Å². The van der Waals surface area contributed by atoms with Crippen LogP contribution in [0.2, 0.25) is 5.02 Å². The Hall–Kier alpha value is -3.15. The van der Waals surface area contributed by atoms with E-state index in [0.717, 1.165) is 11.9 Å². The van der Waals surface area contributed by atoms with E-state index >= 15 is 0 Å². The number of alkyl halides is 3. The van der Waals surface area contributed by atoms with E-state index in [0.29, 0.717) is 10.7 Å². The van der Waals surface area contributed by atoms with Crippen molar-refractivity contribution in [2.75, 3.05) is 0 Å². The Morgan fingerprint density at radius 2 is 1.79 bits per heavy atom. The van der Waals surface area contributed by atoms with Crippen molar-refractivity contribution in [3.8, 4) is 11.6 Å². The van der Waals surface area contributed by atoms with E-state index in [4.69, 9.17) is 21.1 Å². The van der Waals surface area contributed by atoms with Gasteiger partial charge in [-0.05, 0) is 24.3 Å². The van der Waals surface area contributed by atoms with Gasteiger partial charge in [-0.2, -0.15) is 18.2 Å². The second-order valence-electron chi connectivity index (χ2n) is 4.86. The van der Waals surface area contributed by atoms with E-state index in [1.54, 1.807) is 30.5 Å². The molecule has 3 rings (SSSR count). The average Bonchev–Trinajstić information content (AvgIpc) is 3.09. The summed E-state index contributed by atoms with van der Waals surface area (Å²) in [6.45, 7) is -0.0814. The molecule has 0 amide bonds. The predicted octanol–water partition coefficient (Wildman–Crippen LogP) is 4.35. The molecule has 0 unspecified atom stereocenters. The number of hydrogen-bond acceptors (Lipinski definition) is 6. The molecule has 148 valence electrons. The Labute approximate surface area is 158 Å². The lowest BCUT2D eigenvalue weighted by atomic mass is 10.3. The zero-order valence-corrected chi connectivity index (χ0v) is 14.3. The Bertz CT molecular complexity index is 929. The largest absolute Gasteiger partial charge is 0.483 e. The maximum Gasteiger partial charge on any atom is 0.483 e. The lowest BCUT2D eigenvalue weighted by Gasteiger charge is -2.06. The molecule has 0 saturated carbocycles. The summed E-state index contributed by atoms with van der Waals surface area (Å²) in [6, 6.07) is 8.14. The van der Waals surface area contributed by atoms with E-state index < -0.39 is 18.3 Å². The van der Waals surface area contributed by atoms with Crippen LogP contribution in [0.15, 0.2) is 42.7 Å². The second-order valence-corrected chi connectivity index (χ2v) is 5.30. The van der Waals surface area contributed by atoms with Crippen molar-refractivity contribution in [1.82, 2.24) is 25.0 Å². The van der Waals surface area contributed by atoms with Gasteiger partial charge in [0, 0.05) is 17.3 Å². The summed E-state index contributed by atoms with van der Waals surface area (Å²) in [7, 11) is 0. The monoisotopic (exact) mass is 421 g/mol. The smallest absolute Gasteiger partial charge is 0.471 e. The van der Waals surface area contributed by atoms with Crippen molar-refractivity contribution in [2.45, 2.75) is 12.8 Å². The highest BCUT2D eigenvalue weighted by atomic mass is 35.5. The molecule has 0 spiro atoms. The molecule has 0 radical (unpaired) electrons. The molecule has 3 aromatic rings. The van der Waals surface area contributed by atoms with Gasteiger partial charge in [-0.1, -0.05) is 16.8 Å². The molecule has 0 aliphatic rings. The lowest BCUT2D eigenvalue weighted by Crippen LogP contribution is -2.11. The van der Waals surface area contributed by atoms with Gasteiger partial charge >= 0.3 is 12.5 Å². The SMILES string of the molecule is FC(F)(F)c1nccc(OCc2cn(-c3ccc(Cl)cc3)nn2)n1.O=C(F)F. The quantitative estimate of drug-likeness (QED) is 0.460. The van der Waals surface area contributed by atoms with E-state index in [1.165, 1.54) is 10.7 Å². The number of nitrogens with zero attached hydrogens (tertiary/aromatic N) is 5. The van der Waals surface area contributed by atoms with Gasteiger partial charge in [0.15, 0.2) is 0 Å². The average molecular weight is 422 g/mol. The number of aromatic nitrogens is 5. The second kappa shape index (κ2) is 9.17. The summed E-state index contributed by atoms with van der Waals surface area (Å²) >= 11 is 5.81. The fraction of sp³-hybridized carbons (Fsp3) is 0.133. The minimum atomic E-state index is -4.63. The molecule has 0 atom stereocenters. The third-order valence-corrected chi connectivity index (χ3v) is 3.14. The van der Waals surface area contributed by atoms with Crippen LogP contribution in [-0.2, 0) is 12.8 Å². The molecule has 28 heavy (non-hydrogen) atoms. The van der Waals surface area contributed by atoms with E-state index in [-0.39, 0.29) is 12.5 Å². The first-order valence-corrected chi connectivity index (χ1v) is 7.58. The maximum absolute atomic E-state index is 12.5. The topological polar surface area (TPSA) is 82.8 Å². The van der Waals surface area contributed by atoms with Gasteiger partial charge in [-0.25, -0.2) is 14.5 Å². The number of carbonyl (C=O) groups is 1. The van der Waals surface area contributed by atoms with Crippen LogP contribution in [0.1, 0.15) is 11.5 Å². The molecule has 0 N–H and O–H groups in total. The van der Waals surface area contributed by atoms with E-state index in [1.807, 2.05) is 0 Å². The van der Waals surface area contributed by atoms with Crippen molar-refractivity contribution in [3.63, 3.8) is 0 Å². The molecule has 0 aliphatic carbocycles. The molecular formula is C15H9ClF5N5O2. The first-order chi connectivity index (χ1) is 13.1. The predicted molar refractivity (Wildman–Crippen MR) is 85.3 cm³/mol. The van der Waals surface area contributed by atoms with Gasteiger partial charge in [0.25, 0.3) is 0 Å². The fourth-order valence-corrected chi connectivity index (χ4v) is 1.92. The molecule has 0 bridgehead atoms. The lowest BCUT2D eigenvalue weighted by molar-refractivity contribution is -0.145. The standard InChI is InChI=1S/C14H9ClF3N5O.CF2O/c15-9-1-3-11(4-2-9)23-7-10(21-22-23)8-24-12-5-6-19-13(20-12)14(16,17)18;2-1(3)4/h1-7H,8H2;. The highest BCUT2D eigenvalue weighted by Gasteiger charge is 2.34. The van der Waals surface area contributed by atoms with Gasteiger partial charge in [-0.15, -0.1) is 13.9 Å². The summed E-state index contributed by atoms with van der Waals surface area (Å²) in [5, 5.41) is 8.40. The zero-order chi connectivity index (χ0) is 20.7. The Morgan fingerprint density at radius 3 is 2.39 bits per heavy atom. The first kappa shape index (κ1) is 21.2. The zero-order valence-electron chi connectivity index (χ0n) is 13.6. The third-order valence-electron chi connectivity index (χ3n) is 2.88. The van der Waals surface area contributed by atoms with Gasteiger partial charge in [-0.3, -0.25) is 0 Å². The molecule has 0 fully saturated rings. The first-order valence-electron chi connectivity index (χ1n) is 7.20. The summed E-state index contributed by atoms with van der Waals surface area (Å²) in [6.07, 6.45) is -4.89. The van der Waals surface area contributed by atoms with Crippen molar-refractivity contribution in [3.05, 3.63) is 59.3 Å². The van der Waals surface area contributed by atoms with Gasteiger partial charge < -0.3 is 4.74 Å². The minimum absolute atomic E-state index is 0.0814. The molecule has 0 aliphatic heterocycles. The van der Waals surface area contributed by atoms with Crippen molar-refractivity contribution in [1.29, 1.82) is 0 Å². The maximum atomic E-state index is 12.5. The van der Waals surface area contributed by atoms with E-state index in [2.05, 4.69) is 20.3 Å². The number of benzene rings is 1. The molecule has 13 heteroatoms. The van der Waals surface area contributed by atoms with Crippen LogP contribution in [0, 0.1) is 0 Å². The number of hydrogen-bond donors (Lipinski definition) is 0. The molecule has 0 saturated heterocycles. The number of carbonyl (C=O) groups excluding carboxylic acids is 1. The number of halogens is 6. The molecule has 7 nitrogen and oxygen atoms in total. The highest BCUT2D eigenvalue weighted by molar-refractivity contribution is 6.30. The van der Waals surface area contributed by atoms with Crippen LogP contribution >= 0.6 is 11.6 Å². The van der Waals surface area contributed by atoms with Crippen LogP contribution in [0.4, 0.5) is 26.7 Å². The van der Waals surface area contributed by atoms with Crippen molar-refractivity contribution < 1.29 is 31.5 Å². The van der Waals surface area contributed by atoms with Gasteiger partial charge in [0.05, 0.1) is 11.9 Å². The Kier molecular flexibility index (Phi) is 6.93. The molecule has 1 aromatic carbocycles. The van der Waals surface area contributed by atoms with Crippen LogP contribution in [0.5, 0.6) is 5.88 Å². The van der Waals surface area contributed by atoms with E-state index in [9.17, 15) is 22.0 Å². The van der Waals surface area contributed by atoms with Crippen LogP contribution in [0.25, 0.3) is 5.69 Å². The summed E-state index contributed by atoms with van der Waals surface area (Å²) in [4.78, 5) is 14.6. The molecule has 2 heterocycles. The van der Waals surface area contributed by atoms with Crippen LogP contribution in [0.3, 0.4) is 0 Å².